The van der Waals surface area contributed by atoms with E-state index in [9.17, 15) is 40.2 Å². The normalized spacial score (nSPS) is 59.2. The fraction of sp³-hybridized carbons (Fsp3) is 0.800. The molecule has 0 amide bonds. The molecule has 6 N–H and O–H groups in total. The van der Waals surface area contributed by atoms with Crippen molar-refractivity contribution in [2.45, 2.75) is 56.1 Å². The third-order valence-electron chi connectivity index (χ3n) is 8.73. The third-order valence-corrected chi connectivity index (χ3v) is 8.73. The number of ketones is 1. The zero-order valence-corrected chi connectivity index (χ0v) is 16.5. The number of carbonyl (C=O) groups is 2. The van der Waals surface area contributed by atoms with Gasteiger partial charge in [0.05, 0.1) is 25.4 Å². The molecule has 12 atom stereocenters. The van der Waals surface area contributed by atoms with Gasteiger partial charge in [0, 0.05) is 28.6 Å². The number of ether oxygens (including phenoxy) is 2. The van der Waals surface area contributed by atoms with Crippen molar-refractivity contribution in [1.29, 1.82) is 0 Å². The highest BCUT2D eigenvalue weighted by molar-refractivity contribution is 5.96. The molecule has 166 valence electrons. The van der Waals surface area contributed by atoms with E-state index in [2.05, 4.69) is 0 Å². The Balaban J connectivity index is 1.82. The van der Waals surface area contributed by atoms with Gasteiger partial charge < -0.3 is 40.1 Å². The molecule has 0 aromatic heterocycles. The van der Waals surface area contributed by atoms with Gasteiger partial charge in [0.1, 0.15) is 23.9 Å². The monoisotopic (exact) mass is 426 g/mol. The van der Waals surface area contributed by atoms with Crippen LogP contribution in [0, 0.1) is 28.6 Å². The number of rotatable bonds is 1. The molecule has 5 rings (SSSR count). The minimum Gasteiger partial charge on any atom is -0.457 e. The SMILES string of the molecule is CC1=CC(=O)[C@@H](O)[C@@]2(C)[C@H]1[C@@H](O)[C@H]1OC(=O)[C@H](O)[C@H]3[C@]4(CO)OC[C@]13[C@@H]2[C@@H](O)[C@@H]4O. The number of carbonyl (C=O) groups excluding carboxylic acids is 2. The number of fused-ring (bicyclic) bond motifs is 2. The molecular formula is C20H26O10. The largest absolute Gasteiger partial charge is 0.457 e. The highest BCUT2D eigenvalue weighted by atomic mass is 16.6. The standard InChI is InChI=1S/C20H26O10/c1-6-3-7(22)14(26)18(2)8(6)9(23)16-19-5-29-20(4-21,15(27)10(24)12(18)19)13(19)11(25)17(28)30-16/h3,8-16,21,23-27H,4-5H2,1-2H3/t8-,9-,10-,11-,12-,13-,14-,15+,16-,18+,19-,20+/m1/s1. The molecule has 0 unspecified atom stereocenters. The molecule has 10 nitrogen and oxygen atoms in total. The Hall–Kier alpha value is -1.40. The molecule has 30 heavy (non-hydrogen) atoms. The zero-order chi connectivity index (χ0) is 22.0. The lowest BCUT2D eigenvalue weighted by Crippen LogP contribution is -2.82. The number of aliphatic hydroxyl groups is 6. The van der Waals surface area contributed by atoms with Crippen molar-refractivity contribution in [3.63, 3.8) is 0 Å². The molecule has 3 aliphatic carbocycles. The summed E-state index contributed by atoms with van der Waals surface area (Å²) in [5.74, 6) is -4.79. The summed E-state index contributed by atoms with van der Waals surface area (Å²) in [5, 5.41) is 65.5. The van der Waals surface area contributed by atoms with Crippen LogP contribution in [-0.2, 0) is 19.1 Å². The summed E-state index contributed by atoms with van der Waals surface area (Å²) in [6.07, 6.45) is -8.08. The van der Waals surface area contributed by atoms with Crippen molar-refractivity contribution in [3.8, 4) is 0 Å². The van der Waals surface area contributed by atoms with Crippen molar-refractivity contribution >= 4 is 11.8 Å². The maximum atomic E-state index is 12.6. The van der Waals surface area contributed by atoms with Crippen molar-refractivity contribution < 1.29 is 49.7 Å². The summed E-state index contributed by atoms with van der Waals surface area (Å²) in [6, 6.07) is 0. The van der Waals surface area contributed by atoms with E-state index >= 15 is 0 Å². The van der Waals surface area contributed by atoms with Gasteiger partial charge in [-0.1, -0.05) is 12.5 Å². The van der Waals surface area contributed by atoms with Gasteiger partial charge in [0.2, 0.25) is 0 Å². The third kappa shape index (κ3) is 1.87. The number of aliphatic hydroxyl groups excluding tert-OH is 6. The van der Waals surface area contributed by atoms with Crippen LogP contribution in [0.5, 0.6) is 0 Å². The molecule has 2 saturated heterocycles. The van der Waals surface area contributed by atoms with Gasteiger partial charge in [0.15, 0.2) is 11.9 Å². The Kier molecular flexibility index (Phi) is 4.02. The van der Waals surface area contributed by atoms with Crippen molar-refractivity contribution in [2.75, 3.05) is 13.2 Å². The predicted molar refractivity (Wildman–Crippen MR) is 95.5 cm³/mol. The summed E-state index contributed by atoms with van der Waals surface area (Å²) >= 11 is 0. The molecule has 5 aliphatic rings. The average Bonchev–Trinajstić information content (AvgIpc) is 2.99. The van der Waals surface area contributed by atoms with Gasteiger partial charge in [-0.2, -0.15) is 0 Å². The fourth-order valence-electron chi connectivity index (χ4n) is 7.78. The Bertz CT molecular complexity index is 857. The van der Waals surface area contributed by atoms with Gasteiger partial charge in [-0.05, 0) is 13.0 Å². The van der Waals surface area contributed by atoms with Crippen LogP contribution >= 0.6 is 0 Å². The molecule has 4 fully saturated rings. The molecule has 1 spiro atoms. The lowest BCUT2D eigenvalue weighted by molar-refractivity contribution is -0.320. The molecule has 2 bridgehead atoms. The van der Waals surface area contributed by atoms with Crippen molar-refractivity contribution in [1.82, 2.24) is 0 Å². The average molecular weight is 426 g/mol. The van der Waals surface area contributed by atoms with E-state index in [-0.39, 0.29) is 6.61 Å². The molecule has 0 aromatic rings. The molecule has 2 heterocycles. The second-order valence-electron chi connectivity index (χ2n) is 9.73. The molecule has 0 aromatic carbocycles. The van der Waals surface area contributed by atoms with Crippen LogP contribution in [0.4, 0.5) is 0 Å². The van der Waals surface area contributed by atoms with Crippen molar-refractivity contribution in [2.24, 2.45) is 28.6 Å². The lowest BCUT2D eigenvalue weighted by Gasteiger charge is -2.69. The number of esters is 1. The van der Waals surface area contributed by atoms with Crippen LogP contribution in [0.1, 0.15) is 13.8 Å². The first-order chi connectivity index (χ1) is 14.0. The second-order valence-corrected chi connectivity index (χ2v) is 9.73. The first-order valence-electron chi connectivity index (χ1n) is 10.1. The van der Waals surface area contributed by atoms with Gasteiger partial charge in [-0.15, -0.1) is 0 Å². The van der Waals surface area contributed by atoms with Gasteiger partial charge in [-0.3, -0.25) is 4.79 Å². The fourth-order valence-corrected chi connectivity index (χ4v) is 7.78. The zero-order valence-electron chi connectivity index (χ0n) is 16.5. The van der Waals surface area contributed by atoms with Crippen LogP contribution in [0.25, 0.3) is 0 Å². The molecule has 2 saturated carbocycles. The Labute approximate surface area is 171 Å². The van der Waals surface area contributed by atoms with Crippen LogP contribution in [0.3, 0.4) is 0 Å². The summed E-state index contributed by atoms with van der Waals surface area (Å²) in [4.78, 5) is 25.1. The molecule has 2 aliphatic heterocycles. The highest BCUT2D eigenvalue weighted by Crippen LogP contribution is 2.72. The molecular weight excluding hydrogens is 400 g/mol. The number of hydrogen-bond donors (Lipinski definition) is 6. The summed E-state index contributed by atoms with van der Waals surface area (Å²) in [6.45, 7) is 2.11. The predicted octanol–water partition coefficient (Wildman–Crippen LogP) is -3.12. The smallest absolute Gasteiger partial charge is 0.335 e. The van der Waals surface area contributed by atoms with Crippen LogP contribution in [-0.4, -0.2) is 97.8 Å². The van der Waals surface area contributed by atoms with Crippen LogP contribution in [0.2, 0.25) is 0 Å². The Morgan fingerprint density at radius 3 is 2.40 bits per heavy atom. The van der Waals surface area contributed by atoms with Gasteiger partial charge in [-0.25, -0.2) is 4.79 Å². The van der Waals surface area contributed by atoms with E-state index < -0.39 is 89.2 Å². The second kappa shape index (κ2) is 5.89. The Morgan fingerprint density at radius 1 is 1.10 bits per heavy atom. The van der Waals surface area contributed by atoms with E-state index in [1.807, 2.05) is 0 Å². The van der Waals surface area contributed by atoms with E-state index in [1.165, 1.54) is 6.08 Å². The first-order valence-corrected chi connectivity index (χ1v) is 10.1. The van der Waals surface area contributed by atoms with E-state index in [1.54, 1.807) is 13.8 Å². The topological polar surface area (TPSA) is 174 Å². The maximum absolute atomic E-state index is 12.6. The van der Waals surface area contributed by atoms with Crippen LogP contribution < -0.4 is 0 Å². The molecule has 0 radical (unpaired) electrons. The summed E-state index contributed by atoms with van der Waals surface area (Å²) in [5.41, 5.74) is -4.29. The van der Waals surface area contributed by atoms with E-state index in [0.717, 1.165) is 0 Å². The lowest BCUT2D eigenvalue weighted by atomic mass is 9.37. The summed E-state index contributed by atoms with van der Waals surface area (Å²) in [7, 11) is 0. The minimum absolute atomic E-state index is 0.255. The minimum atomic E-state index is -1.86. The van der Waals surface area contributed by atoms with Gasteiger partial charge in [0.25, 0.3) is 0 Å². The van der Waals surface area contributed by atoms with Crippen LogP contribution in [0.15, 0.2) is 11.6 Å². The summed E-state index contributed by atoms with van der Waals surface area (Å²) < 4.78 is 11.3. The Morgan fingerprint density at radius 2 is 1.77 bits per heavy atom. The van der Waals surface area contributed by atoms with E-state index in [0.29, 0.717) is 5.57 Å². The quantitative estimate of drug-likeness (QED) is 0.235. The number of hydrogen-bond acceptors (Lipinski definition) is 10. The van der Waals surface area contributed by atoms with Crippen molar-refractivity contribution in [3.05, 3.63) is 11.6 Å². The first kappa shape index (κ1) is 20.5. The maximum Gasteiger partial charge on any atom is 0.335 e. The molecule has 10 heteroatoms. The van der Waals surface area contributed by atoms with E-state index in [4.69, 9.17) is 9.47 Å². The highest BCUT2D eigenvalue weighted by Gasteiger charge is 2.84. The van der Waals surface area contributed by atoms with Gasteiger partial charge >= 0.3 is 5.97 Å².